The summed E-state index contributed by atoms with van der Waals surface area (Å²) >= 11 is 1.40. The van der Waals surface area contributed by atoms with Gasteiger partial charge < -0.3 is 5.73 Å². The molecule has 0 saturated heterocycles. The Morgan fingerprint density at radius 3 is 2.00 bits per heavy atom. The summed E-state index contributed by atoms with van der Waals surface area (Å²) in [5.41, 5.74) is 8.58. The highest BCUT2D eigenvalue weighted by molar-refractivity contribution is 7.13. The maximum absolute atomic E-state index is 11.7. The smallest absolute Gasteiger partial charge is 0.260 e. The van der Waals surface area contributed by atoms with Crippen LogP contribution in [-0.2, 0) is 12.8 Å². The Balaban J connectivity index is 1.87. The number of primary amides is 1. The Morgan fingerprint density at radius 2 is 1.45 bits per heavy atom. The molecule has 22 heavy (non-hydrogen) atoms. The third-order valence-corrected chi connectivity index (χ3v) is 4.49. The number of amides is 1. The summed E-state index contributed by atoms with van der Waals surface area (Å²) in [5, 5.41) is 0.922. The van der Waals surface area contributed by atoms with Gasteiger partial charge in [0.25, 0.3) is 5.91 Å². The van der Waals surface area contributed by atoms with Gasteiger partial charge in [-0.05, 0) is 11.1 Å². The van der Waals surface area contributed by atoms with Crippen molar-refractivity contribution in [3.63, 3.8) is 0 Å². The Kier molecular flexibility index (Phi) is 4.30. The minimum absolute atomic E-state index is 0.400. The first-order valence-electron chi connectivity index (χ1n) is 7.08. The zero-order chi connectivity index (χ0) is 15.4. The molecule has 3 rings (SSSR count). The molecular formula is C18H16N2OS. The summed E-state index contributed by atoms with van der Waals surface area (Å²) in [7, 11) is 0. The first kappa shape index (κ1) is 14.5. The topological polar surface area (TPSA) is 56.0 Å². The molecule has 2 aromatic carbocycles. The van der Waals surface area contributed by atoms with Crippen molar-refractivity contribution >= 4 is 17.2 Å². The van der Waals surface area contributed by atoms with Crippen LogP contribution in [0, 0.1) is 0 Å². The number of benzene rings is 2. The van der Waals surface area contributed by atoms with Gasteiger partial charge in [0, 0.05) is 12.8 Å². The first-order valence-corrected chi connectivity index (χ1v) is 7.90. The average molecular weight is 308 g/mol. The second-order valence-corrected chi connectivity index (χ2v) is 6.16. The van der Waals surface area contributed by atoms with Crippen LogP contribution in [0.1, 0.15) is 31.5 Å². The van der Waals surface area contributed by atoms with Gasteiger partial charge in [-0.15, -0.1) is 11.3 Å². The van der Waals surface area contributed by atoms with Crippen LogP contribution < -0.4 is 5.73 Å². The summed E-state index contributed by atoms with van der Waals surface area (Å²) in [6, 6.07) is 20.1. The number of rotatable bonds is 5. The standard InChI is InChI=1S/C18H16N2OS/c19-18(21)17-15(11-13-7-3-1-4-8-13)20-16(22-17)12-14-9-5-2-6-10-14/h1-10H,11-12H2,(H2,19,21). The first-order chi connectivity index (χ1) is 10.7. The molecule has 0 aliphatic carbocycles. The van der Waals surface area contributed by atoms with E-state index in [1.54, 1.807) is 0 Å². The fourth-order valence-corrected chi connectivity index (χ4v) is 3.31. The van der Waals surface area contributed by atoms with E-state index < -0.39 is 5.91 Å². The molecular weight excluding hydrogens is 292 g/mol. The van der Waals surface area contributed by atoms with Gasteiger partial charge in [-0.25, -0.2) is 4.98 Å². The Labute approximate surface area is 133 Å². The van der Waals surface area contributed by atoms with Crippen molar-refractivity contribution in [3.05, 3.63) is 87.4 Å². The van der Waals surface area contributed by atoms with Crippen molar-refractivity contribution < 1.29 is 4.79 Å². The second kappa shape index (κ2) is 6.54. The van der Waals surface area contributed by atoms with Gasteiger partial charge in [-0.2, -0.15) is 0 Å². The molecule has 0 aliphatic rings. The van der Waals surface area contributed by atoms with Crippen LogP contribution >= 0.6 is 11.3 Å². The molecule has 1 amide bonds. The van der Waals surface area contributed by atoms with E-state index in [9.17, 15) is 4.79 Å². The lowest BCUT2D eigenvalue weighted by Crippen LogP contribution is -2.11. The number of carbonyl (C=O) groups is 1. The van der Waals surface area contributed by atoms with Crippen molar-refractivity contribution in [3.8, 4) is 0 Å². The predicted molar refractivity (Wildman–Crippen MR) is 89.1 cm³/mol. The van der Waals surface area contributed by atoms with Gasteiger partial charge >= 0.3 is 0 Å². The molecule has 1 heterocycles. The minimum atomic E-state index is -0.400. The van der Waals surface area contributed by atoms with Crippen LogP contribution in [-0.4, -0.2) is 10.9 Å². The lowest BCUT2D eigenvalue weighted by molar-refractivity contribution is 0.100. The van der Waals surface area contributed by atoms with Crippen molar-refractivity contribution in [2.75, 3.05) is 0 Å². The predicted octanol–water partition coefficient (Wildman–Crippen LogP) is 3.42. The van der Waals surface area contributed by atoms with E-state index in [2.05, 4.69) is 17.1 Å². The zero-order valence-electron chi connectivity index (χ0n) is 12.0. The second-order valence-electron chi connectivity index (χ2n) is 5.07. The number of nitrogens with two attached hydrogens (primary N) is 1. The average Bonchev–Trinajstić information content (AvgIpc) is 2.92. The minimum Gasteiger partial charge on any atom is -0.365 e. The monoisotopic (exact) mass is 308 g/mol. The van der Waals surface area contributed by atoms with Crippen LogP contribution in [0.3, 0.4) is 0 Å². The van der Waals surface area contributed by atoms with Crippen LogP contribution in [0.25, 0.3) is 0 Å². The molecule has 0 bridgehead atoms. The number of carbonyl (C=O) groups excluding carboxylic acids is 1. The third kappa shape index (κ3) is 3.40. The van der Waals surface area contributed by atoms with E-state index in [-0.39, 0.29) is 0 Å². The van der Waals surface area contributed by atoms with E-state index >= 15 is 0 Å². The van der Waals surface area contributed by atoms with Gasteiger partial charge in [-0.1, -0.05) is 60.7 Å². The molecule has 0 spiro atoms. The number of hydrogen-bond donors (Lipinski definition) is 1. The lowest BCUT2D eigenvalue weighted by Gasteiger charge is -1.99. The highest BCUT2D eigenvalue weighted by Gasteiger charge is 2.16. The molecule has 110 valence electrons. The van der Waals surface area contributed by atoms with Gasteiger partial charge in [0.2, 0.25) is 0 Å². The lowest BCUT2D eigenvalue weighted by atomic mass is 10.1. The Hall–Kier alpha value is -2.46. The molecule has 0 radical (unpaired) electrons. The molecule has 2 N–H and O–H groups in total. The molecule has 4 heteroatoms. The highest BCUT2D eigenvalue weighted by Crippen LogP contribution is 2.23. The molecule has 0 saturated carbocycles. The fraction of sp³-hybridized carbons (Fsp3) is 0.111. The van der Waals surface area contributed by atoms with E-state index in [1.807, 2.05) is 48.5 Å². The summed E-state index contributed by atoms with van der Waals surface area (Å²) < 4.78 is 0. The van der Waals surface area contributed by atoms with Gasteiger partial charge in [0.1, 0.15) is 4.88 Å². The number of aromatic nitrogens is 1. The SMILES string of the molecule is NC(=O)c1sc(Cc2ccccc2)nc1Cc1ccccc1. The van der Waals surface area contributed by atoms with Gasteiger partial charge in [0.15, 0.2) is 0 Å². The summed E-state index contributed by atoms with van der Waals surface area (Å²) in [5.74, 6) is -0.400. The van der Waals surface area contributed by atoms with Crippen molar-refractivity contribution in [1.29, 1.82) is 0 Å². The largest absolute Gasteiger partial charge is 0.365 e. The molecule has 3 nitrogen and oxygen atoms in total. The van der Waals surface area contributed by atoms with Crippen LogP contribution in [0.2, 0.25) is 0 Å². The van der Waals surface area contributed by atoms with E-state index in [0.717, 1.165) is 22.7 Å². The molecule has 1 aromatic heterocycles. The quantitative estimate of drug-likeness (QED) is 0.785. The normalized spacial score (nSPS) is 10.5. The molecule has 0 atom stereocenters. The number of hydrogen-bond acceptors (Lipinski definition) is 3. The van der Waals surface area contributed by atoms with E-state index in [4.69, 9.17) is 5.73 Å². The van der Waals surface area contributed by atoms with Gasteiger partial charge in [-0.3, -0.25) is 4.79 Å². The van der Waals surface area contributed by atoms with Crippen LogP contribution in [0.4, 0.5) is 0 Å². The summed E-state index contributed by atoms with van der Waals surface area (Å²) in [6.07, 6.45) is 1.35. The van der Waals surface area contributed by atoms with E-state index in [0.29, 0.717) is 11.3 Å². The number of nitrogens with zero attached hydrogens (tertiary/aromatic N) is 1. The molecule has 0 fully saturated rings. The maximum Gasteiger partial charge on any atom is 0.260 e. The molecule has 3 aromatic rings. The van der Waals surface area contributed by atoms with Crippen LogP contribution in [0.5, 0.6) is 0 Å². The van der Waals surface area contributed by atoms with Crippen molar-refractivity contribution in [2.45, 2.75) is 12.8 Å². The van der Waals surface area contributed by atoms with Crippen LogP contribution in [0.15, 0.2) is 60.7 Å². The van der Waals surface area contributed by atoms with Gasteiger partial charge in [0.05, 0.1) is 10.7 Å². The maximum atomic E-state index is 11.7. The molecule has 0 aliphatic heterocycles. The Morgan fingerprint density at radius 1 is 0.909 bits per heavy atom. The van der Waals surface area contributed by atoms with E-state index in [1.165, 1.54) is 16.9 Å². The zero-order valence-corrected chi connectivity index (χ0v) is 12.8. The third-order valence-electron chi connectivity index (χ3n) is 3.38. The summed E-state index contributed by atoms with van der Waals surface area (Å²) in [6.45, 7) is 0. The highest BCUT2D eigenvalue weighted by atomic mass is 32.1. The Bertz CT molecular complexity index is 766. The summed E-state index contributed by atoms with van der Waals surface area (Å²) in [4.78, 5) is 16.9. The molecule has 0 unspecified atom stereocenters. The number of thiazole rings is 1. The fourth-order valence-electron chi connectivity index (χ4n) is 2.35. The van der Waals surface area contributed by atoms with Crippen molar-refractivity contribution in [1.82, 2.24) is 4.98 Å². The van der Waals surface area contributed by atoms with Crippen molar-refractivity contribution in [2.24, 2.45) is 5.73 Å².